The molecule has 0 aromatic heterocycles. The van der Waals surface area contributed by atoms with Gasteiger partial charge in [0.15, 0.2) is 0 Å². The van der Waals surface area contributed by atoms with E-state index in [0.29, 0.717) is 6.42 Å². The van der Waals surface area contributed by atoms with Crippen LogP contribution in [-0.4, -0.2) is 26.6 Å². The molecular weight excluding hydrogens is 288 g/mol. The lowest BCUT2D eigenvalue weighted by Gasteiger charge is -2.12. The Hall–Kier alpha value is -2.49. The van der Waals surface area contributed by atoms with Gasteiger partial charge in [0.2, 0.25) is 5.91 Å². The monoisotopic (exact) mass is 310 g/mol. The third-order valence-corrected chi connectivity index (χ3v) is 4.29. The maximum absolute atomic E-state index is 12.1. The molecule has 0 bridgehead atoms. The fourth-order valence-electron chi connectivity index (χ4n) is 2.92. The van der Waals surface area contributed by atoms with Crippen molar-refractivity contribution >= 4 is 17.3 Å². The van der Waals surface area contributed by atoms with E-state index < -0.39 is 0 Å². The molecule has 0 unspecified atom stereocenters. The first-order valence-corrected chi connectivity index (χ1v) is 7.92. The van der Waals surface area contributed by atoms with Gasteiger partial charge in [-0.3, -0.25) is 4.79 Å². The van der Waals surface area contributed by atoms with Crippen molar-refractivity contribution in [3.05, 3.63) is 53.6 Å². The number of ether oxygens (including phenoxy) is 1. The van der Waals surface area contributed by atoms with Gasteiger partial charge in [0.05, 0.1) is 7.11 Å². The van der Waals surface area contributed by atoms with Gasteiger partial charge < -0.3 is 15.0 Å². The van der Waals surface area contributed by atoms with Crippen molar-refractivity contribution in [2.75, 3.05) is 30.9 Å². The summed E-state index contributed by atoms with van der Waals surface area (Å²) < 4.78 is 5.14. The molecule has 1 heterocycles. The molecule has 120 valence electrons. The molecular formula is C19H22N2O2. The lowest BCUT2D eigenvalue weighted by atomic mass is 10.1. The molecule has 0 fully saturated rings. The second kappa shape index (κ2) is 6.73. The highest BCUT2D eigenvalue weighted by Gasteiger charge is 2.16. The molecule has 23 heavy (non-hydrogen) atoms. The Morgan fingerprint density at radius 3 is 2.74 bits per heavy atom. The van der Waals surface area contributed by atoms with Crippen LogP contribution in [0.4, 0.5) is 11.4 Å². The van der Waals surface area contributed by atoms with E-state index in [0.717, 1.165) is 36.4 Å². The Labute approximate surface area is 137 Å². The van der Waals surface area contributed by atoms with Gasteiger partial charge in [-0.1, -0.05) is 12.1 Å². The molecule has 1 aliphatic heterocycles. The number of benzene rings is 2. The van der Waals surface area contributed by atoms with Crippen LogP contribution < -0.4 is 15.0 Å². The Morgan fingerprint density at radius 2 is 2.00 bits per heavy atom. The van der Waals surface area contributed by atoms with Crippen LogP contribution >= 0.6 is 0 Å². The molecule has 0 saturated carbocycles. The summed E-state index contributed by atoms with van der Waals surface area (Å²) in [5.41, 5.74) is 4.59. The summed E-state index contributed by atoms with van der Waals surface area (Å²) >= 11 is 0. The molecule has 0 atom stereocenters. The first-order valence-electron chi connectivity index (χ1n) is 7.92. The number of anilines is 2. The van der Waals surface area contributed by atoms with Crippen LogP contribution in [0.2, 0.25) is 0 Å². The number of aryl methyl sites for hydroxylation is 1. The molecule has 0 aliphatic carbocycles. The standard InChI is InChI=1S/C19H22N2O2/c1-21-12-11-15-13-16(6-9-18(15)21)20-19(22)10-5-14-3-7-17(23-2)8-4-14/h3-4,6-9,13H,5,10-12H2,1-2H3,(H,20,22). The zero-order valence-corrected chi connectivity index (χ0v) is 13.6. The molecule has 3 rings (SSSR count). The molecule has 0 radical (unpaired) electrons. The Morgan fingerprint density at radius 1 is 1.22 bits per heavy atom. The predicted octanol–water partition coefficient (Wildman–Crippen LogP) is 3.26. The average molecular weight is 310 g/mol. The second-order valence-electron chi connectivity index (χ2n) is 5.91. The van der Waals surface area contributed by atoms with Crippen molar-refractivity contribution in [3.8, 4) is 5.75 Å². The summed E-state index contributed by atoms with van der Waals surface area (Å²) in [7, 11) is 3.75. The first kappa shape index (κ1) is 15.4. The normalized spacial score (nSPS) is 12.9. The van der Waals surface area contributed by atoms with Crippen molar-refractivity contribution < 1.29 is 9.53 Å². The number of methoxy groups -OCH3 is 1. The van der Waals surface area contributed by atoms with Crippen LogP contribution in [0.3, 0.4) is 0 Å². The van der Waals surface area contributed by atoms with Crippen molar-refractivity contribution in [1.82, 2.24) is 0 Å². The third-order valence-electron chi connectivity index (χ3n) is 4.29. The van der Waals surface area contributed by atoms with E-state index >= 15 is 0 Å². The number of carbonyl (C=O) groups excluding carboxylic acids is 1. The Kier molecular flexibility index (Phi) is 4.51. The number of amides is 1. The highest BCUT2D eigenvalue weighted by molar-refractivity contribution is 5.91. The van der Waals surface area contributed by atoms with Crippen molar-refractivity contribution in [2.24, 2.45) is 0 Å². The van der Waals surface area contributed by atoms with Gasteiger partial charge in [0.25, 0.3) is 0 Å². The fourth-order valence-corrected chi connectivity index (χ4v) is 2.92. The molecule has 1 N–H and O–H groups in total. The summed E-state index contributed by atoms with van der Waals surface area (Å²) in [6.45, 7) is 1.05. The van der Waals surface area contributed by atoms with Crippen LogP contribution in [0, 0.1) is 0 Å². The largest absolute Gasteiger partial charge is 0.497 e. The number of likely N-dealkylation sites (N-methyl/N-ethyl adjacent to an activating group) is 1. The maximum Gasteiger partial charge on any atom is 0.224 e. The van der Waals surface area contributed by atoms with E-state index in [1.165, 1.54) is 11.3 Å². The molecule has 0 spiro atoms. The lowest BCUT2D eigenvalue weighted by Crippen LogP contribution is -2.13. The molecule has 1 amide bonds. The molecule has 4 heteroatoms. The molecule has 2 aromatic rings. The summed E-state index contributed by atoms with van der Waals surface area (Å²) in [6.07, 6.45) is 2.24. The zero-order valence-electron chi connectivity index (χ0n) is 13.6. The molecule has 1 aliphatic rings. The number of nitrogens with zero attached hydrogens (tertiary/aromatic N) is 1. The topological polar surface area (TPSA) is 41.6 Å². The summed E-state index contributed by atoms with van der Waals surface area (Å²) in [5, 5.41) is 3.00. The van der Waals surface area contributed by atoms with Crippen molar-refractivity contribution in [1.29, 1.82) is 0 Å². The van der Waals surface area contributed by atoms with E-state index in [1.807, 2.05) is 30.3 Å². The quantitative estimate of drug-likeness (QED) is 0.921. The van der Waals surface area contributed by atoms with Crippen LogP contribution in [0.1, 0.15) is 17.5 Å². The van der Waals surface area contributed by atoms with Gasteiger partial charge in [-0.25, -0.2) is 0 Å². The van der Waals surface area contributed by atoms with Crippen molar-refractivity contribution in [2.45, 2.75) is 19.3 Å². The van der Waals surface area contributed by atoms with E-state index in [1.54, 1.807) is 7.11 Å². The smallest absolute Gasteiger partial charge is 0.224 e. The summed E-state index contributed by atoms with van der Waals surface area (Å²) in [5.74, 6) is 0.883. The van der Waals surface area contributed by atoms with E-state index in [9.17, 15) is 4.79 Å². The highest BCUT2D eigenvalue weighted by Crippen LogP contribution is 2.29. The van der Waals surface area contributed by atoms with Crippen LogP contribution in [-0.2, 0) is 17.6 Å². The molecule has 2 aromatic carbocycles. The fraction of sp³-hybridized carbons (Fsp3) is 0.316. The van der Waals surface area contributed by atoms with E-state index in [4.69, 9.17) is 4.74 Å². The number of fused-ring (bicyclic) bond motifs is 1. The van der Waals surface area contributed by atoms with Gasteiger partial charge in [-0.2, -0.15) is 0 Å². The Balaban J connectivity index is 1.55. The minimum Gasteiger partial charge on any atom is -0.497 e. The second-order valence-corrected chi connectivity index (χ2v) is 5.91. The van der Waals surface area contributed by atoms with E-state index in [-0.39, 0.29) is 5.91 Å². The van der Waals surface area contributed by atoms with Crippen LogP contribution in [0.5, 0.6) is 5.75 Å². The van der Waals surface area contributed by atoms with Gasteiger partial charge in [-0.05, 0) is 54.3 Å². The summed E-state index contributed by atoms with van der Waals surface area (Å²) in [6, 6.07) is 14.0. The number of hydrogen-bond donors (Lipinski definition) is 1. The number of carbonyl (C=O) groups is 1. The van der Waals surface area contributed by atoms with Gasteiger partial charge in [-0.15, -0.1) is 0 Å². The number of nitrogens with one attached hydrogen (secondary N) is 1. The number of hydrogen-bond acceptors (Lipinski definition) is 3. The number of rotatable bonds is 5. The molecule has 4 nitrogen and oxygen atoms in total. The average Bonchev–Trinajstić information content (AvgIpc) is 2.94. The third kappa shape index (κ3) is 3.65. The molecule has 0 saturated heterocycles. The minimum atomic E-state index is 0.0483. The van der Waals surface area contributed by atoms with Crippen molar-refractivity contribution in [3.63, 3.8) is 0 Å². The SMILES string of the molecule is COc1ccc(CCC(=O)Nc2ccc3c(c2)CCN3C)cc1. The van der Waals surface area contributed by atoms with E-state index in [2.05, 4.69) is 29.4 Å². The lowest BCUT2D eigenvalue weighted by molar-refractivity contribution is -0.116. The minimum absolute atomic E-state index is 0.0483. The van der Waals surface area contributed by atoms with Crippen LogP contribution in [0.25, 0.3) is 0 Å². The van der Waals surface area contributed by atoms with Gasteiger partial charge in [0, 0.05) is 31.4 Å². The van der Waals surface area contributed by atoms with Crippen LogP contribution in [0.15, 0.2) is 42.5 Å². The predicted molar refractivity (Wildman–Crippen MR) is 93.4 cm³/mol. The van der Waals surface area contributed by atoms with Gasteiger partial charge in [0.1, 0.15) is 5.75 Å². The maximum atomic E-state index is 12.1. The van der Waals surface area contributed by atoms with Gasteiger partial charge >= 0.3 is 0 Å². The Bertz CT molecular complexity index is 695. The zero-order chi connectivity index (χ0) is 16.2. The first-order chi connectivity index (χ1) is 11.2. The highest BCUT2D eigenvalue weighted by atomic mass is 16.5. The summed E-state index contributed by atoms with van der Waals surface area (Å²) in [4.78, 5) is 14.4.